The van der Waals surface area contributed by atoms with E-state index in [9.17, 15) is 26.3 Å². The lowest BCUT2D eigenvalue weighted by atomic mass is 10.1. The van der Waals surface area contributed by atoms with Crippen LogP contribution in [0.15, 0.2) is 103 Å². The molecule has 0 unspecified atom stereocenters. The summed E-state index contributed by atoms with van der Waals surface area (Å²) in [5.41, 5.74) is 13.0. The Labute approximate surface area is 263 Å². The van der Waals surface area contributed by atoms with Crippen molar-refractivity contribution in [2.24, 2.45) is 25.8 Å². The van der Waals surface area contributed by atoms with E-state index in [0.29, 0.717) is 27.7 Å². The third kappa shape index (κ3) is 10.3. The molecule has 46 heavy (non-hydrogen) atoms. The predicted molar refractivity (Wildman–Crippen MR) is 167 cm³/mol. The normalized spacial score (nSPS) is 13.1. The van der Waals surface area contributed by atoms with Crippen LogP contribution in [0.1, 0.15) is 33.8 Å². The van der Waals surface area contributed by atoms with E-state index in [4.69, 9.17) is 10.2 Å². The van der Waals surface area contributed by atoms with Crippen molar-refractivity contribution in [3.63, 3.8) is 0 Å². The van der Waals surface area contributed by atoms with Gasteiger partial charge < -0.3 is 14.9 Å². The molecule has 4 rings (SSSR count). The summed E-state index contributed by atoms with van der Waals surface area (Å²) >= 11 is 1.13. The molecule has 0 atom stereocenters. The molecule has 3 N–H and O–H groups in total. The molecule has 0 spiro atoms. The Bertz CT molecular complexity index is 1720. The maximum absolute atomic E-state index is 12.9. The molecular weight excluding hydrogens is 634 g/mol. The lowest BCUT2D eigenvalue weighted by Gasteiger charge is -2.09. The number of halogens is 6. The first-order valence-corrected chi connectivity index (χ1v) is 14.3. The molecule has 3 aromatic carbocycles. The van der Waals surface area contributed by atoms with E-state index in [1.807, 2.05) is 32.0 Å². The van der Waals surface area contributed by atoms with E-state index < -0.39 is 18.3 Å². The van der Waals surface area contributed by atoms with Gasteiger partial charge in [-0.25, -0.2) is 15.0 Å². The largest absolute Gasteiger partial charge is 0.573 e. The Balaban J connectivity index is 1.40. The SMILES string of the molecule is Cc1cccc(C)c1N=C(N/N=C/c1ccc(C(N)=NC=Nc2ccc(OC(F)(F)F)cc2)cc1)SCc1ccc(C(F)(F)F)o1. The molecule has 1 aromatic heterocycles. The first kappa shape index (κ1) is 33.8. The fraction of sp³-hybridized carbons (Fsp3) is 0.161. The zero-order valence-corrected chi connectivity index (χ0v) is 25.0. The summed E-state index contributed by atoms with van der Waals surface area (Å²) in [6.07, 6.45) is -6.65. The van der Waals surface area contributed by atoms with Crippen LogP contribution in [0.2, 0.25) is 0 Å². The highest BCUT2D eigenvalue weighted by atomic mass is 32.2. The number of hydrogen-bond donors (Lipinski definition) is 2. The van der Waals surface area contributed by atoms with Gasteiger partial charge in [-0.15, -0.1) is 13.2 Å². The van der Waals surface area contributed by atoms with E-state index in [0.717, 1.165) is 41.1 Å². The fourth-order valence-corrected chi connectivity index (χ4v) is 4.50. The summed E-state index contributed by atoms with van der Waals surface area (Å²) in [5.74, 6) is -1.08. The number of alkyl halides is 6. The molecule has 0 aliphatic rings. The Morgan fingerprint density at radius 1 is 0.913 bits per heavy atom. The number of ether oxygens (including phenoxy) is 1. The van der Waals surface area contributed by atoms with E-state index in [1.165, 1.54) is 30.8 Å². The number of nitrogens with one attached hydrogen (secondary N) is 1. The summed E-state index contributed by atoms with van der Waals surface area (Å²) in [5, 5.41) is 4.59. The van der Waals surface area contributed by atoms with E-state index in [1.54, 1.807) is 24.3 Å². The van der Waals surface area contributed by atoms with Crippen molar-refractivity contribution in [2.45, 2.75) is 32.1 Å². The number of hydrogen-bond acceptors (Lipinski definition) is 6. The maximum atomic E-state index is 12.9. The highest BCUT2D eigenvalue weighted by Gasteiger charge is 2.34. The molecular formula is C31H26F6N6O2S. The molecule has 0 fully saturated rings. The van der Waals surface area contributed by atoms with Gasteiger partial charge >= 0.3 is 12.5 Å². The van der Waals surface area contributed by atoms with Crippen LogP contribution < -0.4 is 15.9 Å². The molecule has 0 saturated heterocycles. The molecule has 0 saturated carbocycles. The second-order valence-electron chi connectivity index (χ2n) is 9.50. The van der Waals surface area contributed by atoms with Gasteiger partial charge in [0.25, 0.3) is 0 Å². The van der Waals surface area contributed by atoms with Crippen molar-refractivity contribution in [3.05, 3.63) is 113 Å². The molecule has 0 aliphatic heterocycles. The van der Waals surface area contributed by atoms with Crippen molar-refractivity contribution in [3.8, 4) is 5.75 Å². The molecule has 8 nitrogen and oxygen atoms in total. The number of benzene rings is 3. The van der Waals surface area contributed by atoms with Crippen LogP contribution >= 0.6 is 11.8 Å². The van der Waals surface area contributed by atoms with Gasteiger partial charge in [0.1, 0.15) is 23.7 Å². The van der Waals surface area contributed by atoms with Gasteiger partial charge in [0.15, 0.2) is 5.17 Å². The summed E-state index contributed by atoms with van der Waals surface area (Å²) < 4.78 is 84.4. The van der Waals surface area contributed by atoms with Gasteiger partial charge in [-0.05, 0) is 66.9 Å². The van der Waals surface area contributed by atoms with E-state index in [2.05, 4.69) is 30.2 Å². The molecule has 4 aromatic rings. The number of nitrogens with two attached hydrogens (primary N) is 1. The molecule has 0 radical (unpaired) electrons. The first-order valence-electron chi connectivity index (χ1n) is 13.3. The highest BCUT2D eigenvalue weighted by molar-refractivity contribution is 8.13. The Morgan fingerprint density at radius 3 is 2.20 bits per heavy atom. The number of furan rings is 1. The predicted octanol–water partition coefficient (Wildman–Crippen LogP) is 8.42. The lowest BCUT2D eigenvalue weighted by molar-refractivity contribution is -0.274. The summed E-state index contributed by atoms with van der Waals surface area (Å²) in [6, 6.07) is 19.7. The van der Waals surface area contributed by atoms with Crippen molar-refractivity contribution in [1.82, 2.24) is 5.43 Å². The molecule has 1 heterocycles. The molecule has 240 valence electrons. The van der Waals surface area contributed by atoms with E-state index >= 15 is 0 Å². The van der Waals surface area contributed by atoms with Crippen molar-refractivity contribution < 1.29 is 35.5 Å². The summed E-state index contributed by atoms with van der Waals surface area (Å²) in [7, 11) is 0. The number of rotatable bonds is 9. The minimum Gasteiger partial charge on any atom is -0.456 e. The average Bonchev–Trinajstić information content (AvgIpc) is 3.48. The highest BCUT2D eigenvalue weighted by Crippen LogP contribution is 2.32. The number of aryl methyl sites for hydroxylation is 2. The van der Waals surface area contributed by atoms with Crippen LogP contribution in [-0.2, 0) is 11.9 Å². The van der Waals surface area contributed by atoms with E-state index in [-0.39, 0.29) is 23.1 Å². The number of aliphatic imine (C=N–C) groups is 3. The average molecular weight is 661 g/mol. The summed E-state index contributed by atoms with van der Waals surface area (Å²) in [6.45, 7) is 3.80. The van der Waals surface area contributed by atoms with Gasteiger partial charge in [-0.1, -0.05) is 54.2 Å². The van der Waals surface area contributed by atoms with Crippen LogP contribution in [0.5, 0.6) is 5.75 Å². The molecule has 0 aliphatic carbocycles. The van der Waals surface area contributed by atoms with Crippen molar-refractivity contribution in [1.29, 1.82) is 0 Å². The van der Waals surface area contributed by atoms with Gasteiger partial charge in [0.05, 0.1) is 23.3 Å². The topological polar surface area (TPSA) is 110 Å². The zero-order chi connectivity index (χ0) is 33.3. The van der Waals surface area contributed by atoms with Crippen molar-refractivity contribution >= 4 is 46.7 Å². The second kappa shape index (κ2) is 14.8. The maximum Gasteiger partial charge on any atom is 0.573 e. The number of thioether (sulfide) groups is 1. The lowest BCUT2D eigenvalue weighted by Crippen LogP contribution is -2.16. The zero-order valence-electron chi connectivity index (χ0n) is 24.2. The Hall–Kier alpha value is -5.05. The monoisotopic (exact) mass is 660 g/mol. The third-order valence-electron chi connectivity index (χ3n) is 6.00. The molecule has 0 bridgehead atoms. The Morgan fingerprint density at radius 2 is 1.59 bits per heavy atom. The van der Waals surface area contributed by atoms with Gasteiger partial charge in [0.2, 0.25) is 5.76 Å². The van der Waals surface area contributed by atoms with Crippen LogP contribution in [0.4, 0.5) is 37.7 Å². The summed E-state index contributed by atoms with van der Waals surface area (Å²) in [4.78, 5) is 12.8. The number of hydrazone groups is 1. The number of amidine groups is 2. The first-order chi connectivity index (χ1) is 21.8. The van der Waals surface area contributed by atoms with Crippen LogP contribution in [0.25, 0.3) is 0 Å². The van der Waals surface area contributed by atoms with Gasteiger partial charge in [0, 0.05) is 5.56 Å². The minimum absolute atomic E-state index is 0.0801. The smallest absolute Gasteiger partial charge is 0.456 e. The molecule has 0 amide bonds. The standard InChI is InChI=1S/C31H26F6N6O2S/c1-19-4-3-5-20(2)27(19)42-29(46-17-25-14-15-26(44-25)30(32,33)34)43-41-16-21-6-8-22(9-7-21)28(38)40-18-39-23-10-12-24(13-11-23)45-31(35,36)37/h3-16,18H,17H2,1-2H3,(H,42,43)(H2,38,39,40)/b41-16+. The number of nitrogens with zero attached hydrogens (tertiary/aromatic N) is 4. The van der Waals surface area contributed by atoms with Crippen LogP contribution in [0.3, 0.4) is 0 Å². The number of para-hydroxylation sites is 1. The van der Waals surface area contributed by atoms with Crippen LogP contribution in [-0.4, -0.2) is 29.9 Å². The Kier molecular flexibility index (Phi) is 10.9. The molecule has 15 heteroatoms. The van der Waals surface area contributed by atoms with Crippen LogP contribution in [0, 0.1) is 13.8 Å². The second-order valence-corrected chi connectivity index (χ2v) is 10.5. The minimum atomic E-state index is -4.78. The van der Waals surface area contributed by atoms with Gasteiger partial charge in [-0.3, -0.25) is 5.43 Å². The quantitative estimate of drug-likeness (QED) is 0.0811. The van der Waals surface area contributed by atoms with Gasteiger partial charge in [-0.2, -0.15) is 18.3 Å². The fourth-order valence-electron chi connectivity index (χ4n) is 3.79. The van der Waals surface area contributed by atoms with Crippen molar-refractivity contribution in [2.75, 3.05) is 0 Å². The third-order valence-corrected chi connectivity index (χ3v) is 6.88.